The summed E-state index contributed by atoms with van der Waals surface area (Å²) < 4.78 is 5.29. The first-order chi connectivity index (χ1) is 6.31. The number of carbonyl (C=O) groups excluding carboxylic acids is 1. The molecule has 0 saturated carbocycles. The van der Waals surface area contributed by atoms with Crippen LogP contribution in [0.25, 0.3) is 0 Å². The van der Waals surface area contributed by atoms with Gasteiger partial charge in [-0.2, -0.15) is 0 Å². The second kappa shape index (κ2) is 3.77. The molecule has 1 heterocycles. The normalized spacial score (nSPS) is 24.1. The predicted octanol–water partition coefficient (Wildman–Crippen LogP) is 1.86. The number of rotatable bonds is 0. The summed E-state index contributed by atoms with van der Waals surface area (Å²) in [5, 5.41) is 3.60. The Kier molecular flexibility index (Phi) is 3.04. The van der Waals surface area contributed by atoms with Crippen molar-refractivity contribution < 1.29 is 9.53 Å². The second-order valence-corrected chi connectivity index (χ2v) is 4.81. The van der Waals surface area contributed by atoms with Gasteiger partial charge in [0.15, 0.2) is 0 Å². The van der Waals surface area contributed by atoms with Gasteiger partial charge in [-0.3, -0.25) is 0 Å². The van der Waals surface area contributed by atoms with Crippen molar-refractivity contribution in [2.24, 2.45) is 0 Å². The maximum Gasteiger partial charge on any atom is 0.424 e. The minimum atomic E-state index is -0.413. The molecule has 1 aliphatic heterocycles. The van der Waals surface area contributed by atoms with E-state index in [1.807, 2.05) is 32.8 Å². The molecule has 14 heavy (non-hydrogen) atoms. The van der Waals surface area contributed by atoms with Crippen LogP contribution in [0.2, 0.25) is 0 Å². The van der Waals surface area contributed by atoms with Crippen LogP contribution in [0.5, 0.6) is 0 Å². The van der Waals surface area contributed by atoms with Crippen molar-refractivity contribution in [3.63, 3.8) is 0 Å². The first kappa shape index (κ1) is 11.3. The third kappa shape index (κ3) is 2.61. The number of ether oxygens (including phenoxy) is 1. The fourth-order valence-electron chi connectivity index (χ4n) is 1.43. The van der Waals surface area contributed by atoms with Crippen LogP contribution >= 0.6 is 0 Å². The summed E-state index contributed by atoms with van der Waals surface area (Å²) in [6.45, 7) is 8.50. The van der Waals surface area contributed by atoms with Crippen LogP contribution in [0, 0.1) is 0 Å². The third-order valence-electron chi connectivity index (χ3n) is 2.38. The molecule has 1 amide bonds. The summed E-state index contributed by atoms with van der Waals surface area (Å²) in [6, 6.07) is 0.419. The number of amides is 1. The molecule has 0 unspecified atom stereocenters. The van der Waals surface area contributed by atoms with E-state index < -0.39 is 5.60 Å². The van der Waals surface area contributed by atoms with Gasteiger partial charge in [-0.1, -0.05) is 0 Å². The first-order valence-electron chi connectivity index (χ1n) is 5.04. The zero-order valence-corrected chi connectivity index (χ0v) is 9.70. The quantitative estimate of drug-likeness (QED) is 0.598. The fraction of sp³-hybridized carbons (Fsp3) is 0.900. The van der Waals surface area contributed by atoms with Crippen molar-refractivity contribution in [2.45, 2.75) is 45.8 Å². The van der Waals surface area contributed by atoms with Gasteiger partial charge in [0.25, 0.3) is 0 Å². The Labute approximate surface area is 85.8 Å². The summed E-state index contributed by atoms with van der Waals surface area (Å²) in [6.07, 6.45) is 0.764. The lowest BCUT2D eigenvalue weighted by atomic mass is 10.2. The van der Waals surface area contributed by atoms with E-state index in [9.17, 15) is 4.79 Å². The lowest BCUT2D eigenvalue weighted by Crippen LogP contribution is -2.43. The van der Waals surface area contributed by atoms with Gasteiger partial charge < -0.3 is 4.74 Å². The van der Waals surface area contributed by atoms with E-state index in [0.29, 0.717) is 6.04 Å². The molecule has 82 valence electrons. The van der Waals surface area contributed by atoms with Gasteiger partial charge in [0.2, 0.25) is 0 Å². The molecule has 1 rings (SSSR count). The van der Waals surface area contributed by atoms with Gasteiger partial charge >= 0.3 is 6.09 Å². The highest BCUT2D eigenvalue weighted by Crippen LogP contribution is 2.18. The average molecular weight is 200 g/mol. The highest BCUT2D eigenvalue weighted by Gasteiger charge is 2.32. The molecular weight excluding hydrogens is 180 g/mol. The molecule has 1 fully saturated rings. The van der Waals surface area contributed by atoms with Gasteiger partial charge in [-0.15, -0.1) is 0 Å². The summed E-state index contributed by atoms with van der Waals surface area (Å²) in [5.41, 5.74) is -0.413. The minimum absolute atomic E-state index is 0.246. The minimum Gasteiger partial charge on any atom is -0.443 e. The number of hydrogen-bond donors (Lipinski definition) is 0. The van der Waals surface area contributed by atoms with Gasteiger partial charge in [0.05, 0.1) is 0 Å². The molecule has 1 saturated heterocycles. The van der Waals surface area contributed by atoms with Gasteiger partial charge in [0.1, 0.15) is 5.60 Å². The van der Waals surface area contributed by atoms with E-state index >= 15 is 0 Å². The smallest absolute Gasteiger partial charge is 0.424 e. The molecule has 1 atom stereocenters. The standard InChI is InChI=1S/C10H20N2O2/c1-8-6-7-12(11(8)5)9(13)14-10(2,3)4/h8H,6-7H2,1-5H3/t8-/m1/s1. The van der Waals surface area contributed by atoms with Crippen LogP contribution in [0.1, 0.15) is 34.1 Å². The summed E-state index contributed by atoms with van der Waals surface area (Å²) in [5.74, 6) is 0. The SMILES string of the molecule is C[C@@H]1CCN(C(=O)OC(C)(C)C)N1C. The van der Waals surface area contributed by atoms with Gasteiger partial charge in [-0.05, 0) is 34.1 Å². The Morgan fingerprint density at radius 3 is 2.36 bits per heavy atom. The summed E-state index contributed by atoms with van der Waals surface area (Å²) in [4.78, 5) is 11.7. The van der Waals surface area contributed by atoms with E-state index in [2.05, 4.69) is 6.92 Å². The molecule has 0 N–H and O–H groups in total. The van der Waals surface area contributed by atoms with E-state index in [-0.39, 0.29) is 6.09 Å². The maximum atomic E-state index is 11.7. The van der Waals surface area contributed by atoms with Crippen LogP contribution in [0.3, 0.4) is 0 Å². The molecule has 0 bridgehead atoms. The van der Waals surface area contributed by atoms with Crippen molar-refractivity contribution in [3.05, 3.63) is 0 Å². The predicted molar refractivity (Wildman–Crippen MR) is 54.8 cm³/mol. The molecule has 1 aliphatic rings. The Morgan fingerprint density at radius 2 is 2.00 bits per heavy atom. The third-order valence-corrected chi connectivity index (χ3v) is 2.38. The second-order valence-electron chi connectivity index (χ2n) is 4.81. The number of nitrogens with zero attached hydrogens (tertiary/aromatic N) is 2. The lowest BCUT2D eigenvalue weighted by Gasteiger charge is -2.29. The molecule has 0 aromatic rings. The lowest BCUT2D eigenvalue weighted by molar-refractivity contribution is -0.0247. The van der Waals surface area contributed by atoms with Crippen molar-refractivity contribution in [2.75, 3.05) is 13.6 Å². The molecule has 0 spiro atoms. The largest absolute Gasteiger partial charge is 0.443 e. The molecule has 0 radical (unpaired) electrons. The summed E-state index contributed by atoms with van der Waals surface area (Å²) >= 11 is 0. The van der Waals surface area contributed by atoms with E-state index in [1.165, 1.54) is 0 Å². The molecule has 0 aromatic carbocycles. The van der Waals surface area contributed by atoms with Crippen LogP contribution < -0.4 is 0 Å². The zero-order valence-electron chi connectivity index (χ0n) is 9.70. The van der Waals surface area contributed by atoms with Crippen LogP contribution in [-0.4, -0.2) is 41.3 Å². The van der Waals surface area contributed by atoms with Gasteiger partial charge in [-0.25, -0.2) is 14.8 Å². The van der Waals surface area contributed by atoms with Crippen molar-refractivity contribution >= 4 is 6.09 Å². The van der Waals surface area contributed by atoms with Gasteiger partial charge in [0, 0.05) is 19.6 Å². The van der Waals surface area contributed by atoms with E-state index in [4.69, 9.17) is 4.74 Å². The summed E-state index contributed by atoms with van der Waals surface area (Å²) in [7, 11) is 1.92. The fourth-order valence-corrected chi connectivity index (χ4v) is 1.43. The van der Waals surface area contributed by atoms with Crippen LogP contribution in [-0.2, 0) is 4.74 Å². The maximum absolute atomic E-state index is 11.7. The monoisotopic (exact) mass is 200 g/mol. The Morgan fingerprint density at radius 1 is 1.43 bits per heavy atom. The first-order valence-corrected chi connectivity index (χ1v) is 5.04. The number of hydrogen-bond acceptors (Lipinski definition) is 3. The van der Waals surface area contributed by atoms with Crippen LogP contribution in [0.15, 0.2) is 0 Å². The topological polar surface area (TPSA) is 32.8 Å². The van der Waals surface area contributed by atoms with Crippen LogP contribution in [0.4, 0.5) is 4.79 Å². The van der Waals surface area contributed by atoms with Crippen molar-refractivity contribution in [1.82, 2.24) is 10.0 Å². The Balaban J connectivity index is 2.54. The Bertz CT molecular complexity index is 223. The molecule has 4 nitrogen and oxygen atoms in total. The van der Waals surface area contributed by atoms with Crippen molar-refractivity contribution in [1.29, 1.82) is 0 Å². The molecular formula is C10H20N2O2. The molecule has 4 heteroatoms. The van der Waals surface area contributed by atoms with E-state index in [1.54, 1.807) is 5.01 Å². The number of carbonyl (C=O) groups is 1. The Hall–Kier alpha value is -0.770. The molecule has 0 aliphatic carbocycles. The highest BCUT2D eigenvalue weighted by atomic mass is 16.6. The zero-order chi connectivity index (χ0) is 10.9. The van der Waals surface area contributed by atoms with Crippen molar-refractivity contribution in [3.8, 4) is 0 Å². The highest BCUT2D eigenvalue weighted by molar-refractivity contribution is 5.67. The average Bonchev–Trinajstić information content (AvgIpc) is 2.29. The molecule has 0 aromatic heterocycles. The number of hydrazine groups is 1. The van der Waals surface area contributed by atoms with E-state index in [0.717, 1.165) is 13.0 Å².